The van der Waals surface area contributed by atoms with Crippen LogP contribution in [0, 0.1) is 34.0 Å². The van der Waals surface area contributed by atoms with E-state index in [4.69, 9.17) is 0 Å². The van der Waals surface area contributed by atoms with Gasteiger partial charge in [0.2, 0.25) is 0 Å². The molecule has 1 spiro atoms. The summed E-state index contributed by atoms with van der Waals surface area (Å²) in [4.78, 5) is 12.0. The molecule has 4 aliphatic carbocycles. The van der Waals surface area contributed by atoms with Gasteiger partial charge >= 0.3 is 5.97 Å². The molecule has 0 aromatic rings. The molecule has 0 amide bonds. The Morgan fingerprint density at radius 1 is 1.17 bits per heavy atom. The Balaban J connectivity index is 1.75. The number of aliphatic hydroxyl groups is 1. The number of rotatable bonds is 2. The van der Waals surface area contributed by atoms with E-state index < -0.39 is 11.4 Å². The van der Waals surface area contributed by atoms with Crippen LogP contribution in [0.5, 0.6) is 0 Å². The van der Waals surface area contributed by atoms with Crippen molar-refractivity contribution in [1.82, 2.24) is 0 Å². The Morgan fingerprint density at radius 2 is 1.96 bits per heavy atom. The van der Waals surface area contributed by atoms with Crippen LogP contribution in [0.1, 0.15) is 65.2 Å². The van der Waals surface area contributed by atoms with Gasteiger partial charge in [-0.25, -0.2) is 0 Å². The molecule has 2 bridgehead atoms. The van der Waals surface area contributed by atoms with Crippen molar-refractivity contribution < 1.29 is 15.0 Å². The largest absolute Gasteiger partial charge is 0.481 e. The zero-order chi connectivity index (χ0) is 16.5. The van der Waals surface area contributed by atoms with Gasteiger partial charge in [0.05, 0.1) is 12.0 Å². The first-order chi connectivity index (χ1) is 10.9. The number of allylic oxidation sites excluding steroid dienone is 1. The number of fused-ring (bicyclic) bond motifs is 3. The predicted molar refractivity (Wildman–Crippen MR) is 88.9 cm³/mol. The van der Waals surface area contributed by atoms with E-state index in [-0.39, 0.29) is 17.4 Å². The first-order valence-corrected chi connectivity index (χ1v) is 9.42. The molecule has 2 N–H and O–H groups in total. The lowest BCUT2D eigenvalue weighted by atomic mass is 9.41. The van der Waals surface area contributed by atoms with E-state index >= 15 is 0 Å². The molecule has 128 valence electrons. The van der Waals surface area contributed by atoms with Crippen molar-refractivity contribution in [2.75, 3.05) is 6.61 Å². The third-order valence-electron chi connectivity index (χ3n) is 8.46. The monoisotopic (exact) mass is 318 g/mol. The molecular weight excluding hydrogens is 288 g/mol. The molecule has 4 rings (SSSR count). The summed E-state index contributed by atoms with van der Waals surface area (Å²) in [6.07, 6.45) is 11.3. The maximum absolute atomic E-state index is 12.0. The molecule has 0 aromatic carbocycles. The van der Waals surface area contributed by atoms with Crippen LogP contribution in [-0.2, 0) is 4.79 Å². The first-order valence-electron chi connectivity index (χ1n) is 9.42. The predicted octanol–water partition coefficient (Wildman–Crippen LogP) is 4.01. The van der Waals surface area contributed by atoms with Crippen LogP contribution in [0.2, 0.25) is 0 Å². The van der Waals surface area contributed by atoms with Crippen molar-refractivity contribution in [3.05, 3.63) is 11.6 Å². The van der Waals surface area contributed by atoms with Crippen molar-refractivity contribution in [3.8, 4) is 0 Å². The Labute approximate surface area is 139 Å². The molecule has 3 saturated carbocycles. The number of carboxylic acids is 1. The van der Waals surface area contributed by atoms with Crippen LogP contribution in [0.3, 0.4) is 0 Å². The van der Waals surface area contributed by atoms with E-state index in [1.165, 1.54) is 31.3 Å². The van der Waals surface area contributed by atoms with Crippen molar-refractivity contribution in [3.63, 3.8) is 0 Å². The zero-order valence-corrected chi connectivity index (χ0v) is 14.5. The van der Waals surface area contributed by atoms with E-state index in [1.54, 1.807) is 0 Å². The molecule has 3 nitrogen and oxygen atoms in total. The third-order valence-corrected chi connectivity index (χ3v) is 8.46. The van der Waals surface area contributed by atoms with Crippen LogP contribution in [0.15, 0.2) is 11.6 Å². The lowest BCUT2D eigenvalue weighted by Gasteiger charge is -2.63. The van der Waals surface area contributed by atoms with Gasteiger partial charge in [0, 0.05) is 0 Å². The quantitative estimate of drug-likeness (QED) is 0.756. The Kier molecular flexibility index (Phi) is 3.30. The van der Waals surface area contributed by atoms with Gasteiger partial charge in [0.1, 0.15) is 0 Å². The minimum Gasteiger partial charge on any atom is -0.481 e. The maximum Gasteiger partial charge on any atom is 0.309 e. The van der Waals surface area contributed by atoms with Gasteiger partial charge in [-0.3, -0.25) is 4.79 Å². The molecule has 0 aromatic heterocycles. The first kappa shape index (κ1) is 15.7. The lowest BCUT2D eigenvalue weighted by molar-refractivity contribution is -0.177. The van der Waals surface area contributed by atoms with Crippen LogP contribution in [0.4, 0.5) is 0 Å². The van der Waals surface area contributed by atoms with Gasteiger partial charge in [-0.1, -0.05) is 19.4 Å². The summed E-state index contributed by atoms with van der Waals surface area (Å²) >= 11 is 0. The highest BCUT2D eigenvalue weighted by molar-refractivity contribution is 5.75. The van der Waals surface area contributed by atoms with Gasteiger partial charge in [0.15, 0.2) is 0 Å². The zero-order valence-electron chi connectivity index (χ0n) is 14.5. The SMILES string of the molecule is C[C@@]12CCC[C@@](C)(C(=O)O)[C@H]1CC[C@]13C=C(CO)[C@H](CC[C@@H]12)C3. The minimum atomic E-state index is -0.587. The summed E-state index contributed by atoms with van der Waals surface area (Å²) in [5.41, 5.74) is 1.12. The van der Waals surface area contributed by atoms with Crippen molar-refractivity contribution in [2.24, 2.45) is 34.0 Å². The summed E-state index contributed by atoms with van der Waals surface area (Å²) in [7, 11) is 0. The number of hydrogen-bond acceptors (Lipinski definition) is 2. The Bertz CT molecular complexity index is 567. The average molecular weight is 318 g/mol. The molecule has 3 fully saturated rings. The van der Waals surface area contributed by atoms with Crippen LogP contribution in [0.25, 0.3) is 0 Å². The fourth-order valence-corrected chi connectivity index (χ4v) is 7.48. The van der Waals surface area contributed by atoms with Crippen molar-refractivity contribution in [1.29, 1.82) is 0 Å². The number of carbonyl (C=O) groups is 1. The molecule has 23 heavy (non-hydrogen) atoms. The fraction of sp³-hybridized carbons (Fsp3) is 0.850. The highest BCUT2D eigenvalue weighted by Crippen LogP contribution is 2.70. The lowest BCUT2D eigenvalue weighted by Crippen LogP contribution is -2.58. The Hall–Kier alpha value is -0.830. The van der Waals surface area contributed by atoms with Crippen LogP contribution < -0.4 is 0 Å². The highest BCUT2D eigenvalue weighted by Gasteiger charge is 2.64. The molecule has 4 aliphatic rings. The molecule has 6 atom stereocenters. The Morgan fingerprint density at radius 3 is 2.65 bits per heavy atom. The highest BCUT2D eigenvalue weighted by atomic mass is 16.4. The molecule has 3 heteroatoms. The van der Waals surface area contributed by atoms with E-state index in [1.807, 2.05) is 6.92 Å². The summed E-state index contributed by atoms with van der Waals surface area (Å²) < 4.78 is 0. The van der Waals surface area contributed by atoms with E-state index in [0.29, 0.717) is 17.8 Å². The molecule has 0 unspecified atom stereocenters. The second-order valence-corrected chi connectivity index (χ2v) is 9.31. The maximum atomic E-state index is 12.0. The summed E-state index contributed by atoms with van der Waals surface area (Å²) in [5, 5.41) is 19.6. The van der Waals surface area contributed by atoms with Gasteiger partial charge in [-0.2, -0.15) is 0 Å². The fourth-order valence-electron chi connectivity index (χ4n) is 7.48. The standard InChI is InChI=1S/C20H30O3/c1-18-7-3-8-19(2,17(22)23)15(18)6-9-20-10-13(4-5-16(18)20)14(11-20)12-21/h11,13,15-16,21H,3-10,12H2,1-2H3,(H,22,23)/t13-,15+,16-,18-,19-,20+/m1/s1. The van der Waals surface area contributed by atoms with Gasteiger partial charge in [-0.05, 0) is 86.0 Å². The molecule has 0 heterocycles. The average Bonchev–Trinajstić information content (AvgIpc) is 2.77. The number of aliphatic carboxylic acids is 1. The smallest absolute Gasteiger partial charge is 0.309 e. The number of carboxylic acid groups (broad SMARTS) is 1. The molecular formula is C20H30O3. The van der Waals surface area contributed by atoms with E-state index in [2.05, 4.69) is 13.0 Å². The minimum absolute atomic E-state index is 0.149. The second kappa shape index (κ2) is 4.84. The van der Waals surface area contributed by atoms with Crippen LogP contribution in [-0.4, -0.2) is 22.8 Å². The molecule has 0 saturated heterocycles. The molecule has 0 radical (unpaired) electrons. The van der Waals surface area contributed by atoms with E-state index in [9.17, 15) is 15.0 Å². The van der Waals surface area contributed by atoms with Gasteiger partial charge < -0.3 is 10.2 Å². The summed E-state index contributed by atoms with van der Waals surface area (Å²) in [5.74, 6) is 0.912. The number of hydrogen-bond donors (Lipinski definition) is 2. The van der Waals surface area contributed by atoms with Gasteiger partial charge in [0.25, 0.3) is 0 Å². The summed E-state index contributed by atoms with van der Waals surface area (Å²) in [6.45, 7) is 4.62. The van der Waals surface area contributed by atoms with Crippen LogP contribution >= 0.6 is 0 Å². The summed E-state index contributed by atoms with van der Waals surface area (Å²) in [6, 6.07) is 0. The third kappa shape index (κ3) is 1.89. The topological polar surface area (TPSA) is 57.5 Å². The molecule has 0 aliphatic heterocycles. The normalized spacial score (nSPS) is 51.6. The van der Waals surface area contributed by atoms with Gasteiger partial charge in [-0.15, -0.1) is 0 Å². The van der Waals surface area contributed by atoms with Crippen molar-refractivity contribution in [2.45, 2.75) is 65.2 Å². The second-order valence-electron chi connectivity index (χ2n) is 9.31. The number of aliphatic hydroxyl groups excluding tert-OH is 1. The van der Waals surface area contributed by atoms with Crippen molar-refractivity contribution >= 4 is 5.97 Å². The van der Waals surface area contributed by atoms with E-state index in [0.717, 1.165) is 25.7 Å².